The summed E-state index contributed by atoms with van der Waals surface area (Å²) in [6.07, 6.45) is 0.197. The molecule has 2 aliphatic rings. The van der Waals surface area contributed by atoms with Crippen LogP contribution < -0.4 is 9.64 Å². The zero-order chi connectivity index (χ0) is 20.5. The van der Waals surface area contributed by atoms with Crippen molar-refractivity contribution in [3.63, 3.8) is 0 Å². The normalized spacial score (nSPS) is 21.2. The van der Waals surface area contributed by atoms with Crippen LogP contribution in [0.25, 0.3) is 0 Å². The molecule has 1 aromatic carbocycles. The summed E-state index contributed by atoms with van der Waals surface area (Å²) in [5, 5.41) is 0.372. The number of imide groups is 1. The number of rotatable bonds is 5. The van der Waals surface area contributed by atoms with Gasteiger partial charge in [-0.2, -0.15) is 0 Å². The highest BCUT2D eigenvalue weighted by Gasteiger charge is 2.43. The second-order valence-electron chi connectivity index (χ2n) is 7.12. The monoisotopic (exact) mass is 453 g/mol. The molecule has 2 saturated heterocycles. The number of thiophene rings is 1. The number of hydrogen-bond acceptors (Lipinski definition) is 6. The molecule has 0 saturated carbocycles. The van der Waals surface area contributed by atoms with Crippen molar-refractivity contribution in [1.29, 1.82) is 0 Å². The van der Waals surface area contributed by atoms with Crippen LogP contribution in [-0.4, -0.2) is 60.9 Å². The number of anilines is 1. The van der Waals surface area contributed by atoms with Gasteiger partial charge in [0.1, 0.15) is 5.75 Å². The lowest BCUT2D eigenvalue weighted by molar-refractivity contribution is -0.123. The van der Waals surface area contributed by atoms with E-state index in [4.69, 9.17) is 27.9 Å². The molecule has 1 atom stereocenters. The van der Waals surface area contributed by atoms with Crippen LogP contribution in [0.2, 0.25) is 9.36 Å². The Labute approximate surface area is 183 Å². The minimum atomic E-state index is -0.415. The van der Waals surface area contributed by atoms with Crippen LogP contribution in [0.1, 0.15) is 11.3 Å². The fraction of sp³-hybridized carbons (Fsp3) is 0.400. The first-order valence-electron chi connectivity index (χ1n) is 9.37. The Morgan fingerprint density at radius 1 is 1.10 bits per heavy atom. The highest BCUT2D eigenvalue weighted by atomic mass is 35.5. The third-order valence-electron chi connectivity index (χ3n) is 5.37. The van der Waals surface area contributed by atoms with E-state index >= 15 is 0 Å². The van der Waals surface area contributed by atoms with Gasteiger partial charge in [-0.1, -0.05) is 23.2 Å². The lowest BCUT2D eigenvalue weighted by Gasteiger charge is -2.36. The number of benzene rings is 1. The Morgan fingerprint density at radius 3 is 2.48 bits per heavy atom. The first-order valence-corrected chi connectivity index (χ1v) is 10.9. The van der Waals surface area contributed by atoms with Crippen molar-refractivity contribution < 1.29 is 14.3 Å². The van der Waals surface area contributed by atoms with E-state index in [1.54, 1.807) is 29.5 Å². The minimum absolute atomic E-state index is 0.185. The van der Waals surface area contributed by atoms with Gasteiger partial charge in [0, 0.05) is 37.6 Å². The molecule has 2 amide bonds. The minimum Gasteiger partial charge on any atom is -0.495 e. The van der Waals surface area contributed by atoms with E-state index in [1.165, 1.54) is 16.9 Å². The van der Waals surface area contributed by atoms with Crippen molar-refractivity contribution in [1.82, 2.24) is 9.80 Å². The second kappa shape index (κ2) is 8.62. The molecular formula is C20H21Cl2N3O3S. The maximum Gasteiger partial charge on any atom is 0.251 e. The van der Waals surface area contributed by atoms with Crippen LogP contribution in [0, 0.1) is 0 Å². The van der Waals surface area contributed by atoms with Gasteiger partial charge >= 0.3 is 0 Å². The van der Waals surface area contributed by atoms with Gasteiger partial charge in [-0.3, -0.25) is 19.4 Å². The van der Waals surface area contributed by atoms with E-state index in [-0.39, 0.29) is 18.2 Å². The largest absolute Gasteiger partial charge is 0.495 e. The molecular weight excluding hydrogens is 433 g/mol. The number of ether oxygens (including phenoxy) is 1. The van der Waals surface area contributed by atoms with Crippen LogP contribution in [0.5, 0.6) is 5.75 Å². The average molecular weight is 454 g/mol. The molecule has 0 spiro atoms. The van der Waals surface area contributed by atoms with Gasteiger partial charge in [0.2, 0.25) is 5.91 Å². The van der Waals surface area contributed by atoms with Crippen molar-refractivity contribution in [2.75, 3.05) is 38.2 Å². The number of hydrogen-bond donors (Lipinski definition) is 0. The zero-order valence-corrected chi connectivity index (χ0v) is 18.3. The summed E-state index contributed by atoms with van der Waals surface area (Å²) in [7, 11) is 1.52. The smallest absolute Gasteiger partial charge is 0.251 e. The Kier molecular flexibility index (Phi) is 6.13. The van der Waals surface area contributed by atoms with Gasteiger partial charge in [-0.05, 0) is 30.3 Å². The molecule has 0 N–H and O–H groups in total. The second-order valence-corrected chi connectivity index (χ2v) is 9.33. The Balaban J connectivity index is 1.39. The SMILES string of the molecule is COc1ccc(N2C(=O)C[C@H](N3CCN(Cc4ccc(Cl)s4)CC3)C2=O)cc1Cl. The predicted molar refractivity (Wildman–Crippen MR) is 115 cm³/mol. The lowest BCUT2D eigenvalue weighted by Crippen LogP contribution is -2.52. The summed E-state index contributed by atoms with van der Waals surface area (Å²) in [6.45, 7) is 4.06. The molecule has 6 nitrogen and oxygen atoms in total. The number of nitrogens with zero attached hydrogens (tertiary/aromatic N) is 3. The number of piperazine rings is 1. The van der Waals surface area contributed by atoms with Crippen LogP contribution in [-0.2, 0) is 16.1 Å². The number of halogens is 2. The third kappa shape index (κ3) is 4.29. The van der Waals surface area contributed by atoms with Gasteiger partial charge in [-0.15, -0.1) is 11.3 Å². The molecule has 0 unspecified atom stereocenters. The van der Waals surface area contributed by atoms with E-state index in [1.807, 2.05) is 6.07 Å². The van der Waals surface area contributed by atoms with Crippen molar-refractivity contribution in [3.8, 4) is 5.75 Å². The van der Waals surface area contributed by atoms with E-state index in [9.17, 15) is 9.59 Å². The molecule has 0 radical (unpaired) electrons. The number of carbonyl (C=O) groups excluding carboxylic acids is 2. The molecule has 2 aromatic rings. The van der Waals surface area contributed by atoms with E-state index in [0.29, 0.717) is 16.5 Å². The van der Waals surface area contributed by atoms with Gasteiger partial charge in [0.05, 0.1) is 34.6 Å². The van der Waals surface area contributed by atoms with Gasteiger partial charge in [-0.25, -0.2) is 4.90 Å². The number of amides is 2. The van der Waals surface area contributed by atoms with Crippen LogP contribution in [0.3, 0.4) is 0 Å². The molecule has 1 aromatic heterocycles. The molecule has 2 aliphatic heterocycles. The molecule has 9 heteroatoms. The topological polar surface area (TPSA) is 53.1 Å². The van der Waals surface area contributed by atoms with Gasteiger partial charge in [0.25, 0.3) is 5.91 Å². The molecule has 3 heterocycles. The average Bonchev–Trinajstić information content (AvgIpc) is 3.24. The Morgan fingerprint density at radius 2 is 1.86 bits per heavy atom. The van der Waals surface area contributed by atoms with Crippen molar-refractivity contribution in [2.24, 2.45) is 0 Å². The highest BCUT2D eigenvalue weighted by Crippen LogP contribution is 2.33. The molecule has 2 fully saturated rings. The number of carbonyl (C=O) groups is 2. The fourth-order valence-corrected chi connectivity index (χ4v) is 5.24. The van der Waals surface area contributed by atoms with E-state index < -0.39 is 6.04 Å². The maximum atomic E-state index is 13.0. The van der Waals surface area contributed by atoms with Crippen molar-refractivity contribution >= 4 is 52.0 Å². The summed E-state index contributed by atoms with van der Waals surface area (Å²) < 4.78 is 5.95. The first-order chi connectivity index (χ1) is 14.0. The fourth-order valence-electron chi connectivity index (χ4n) is 3.86. The van der Waals surface area contributed by atoms with E-state index in [2.05, 4.69) is 15.9 Å². The predicted octanol–water partition coefficient (Wildman–Crippen LogP) is 3.51. The molecule has 4 rings (SSSR count). The summed E-state index contributed by atoms with van der Waals surface area (Å²) >= 11 is 13.8. The standard InChI is InChI=1S/C20H21Cl2N3O3S/c1-28-17-4-2-13(10-15(17)21)25-19(26)11-16(20(25)27)24-8-6-23(7-9-24)12-14-3-5-18(22)29-14/h2-5,10,16H,6-9,11-12H2,1H3/t16-/m0/s1. The molecule has 154 valence electrons. The summed E-state index contributed by atoms with van der Waals surface area (Å²) in [6, 6.07) is 8.51. The van der Waals surface area contributed by atoms with Crippen molar-refractivity contribution in [3.05, 3.63) is 44.6 Å². The Bertz CT molecular complexity index is 927. The van der Waals surface area contributed by atoms with Crippen LogP contribution in [0.15, 0.2) is 30.3 Å². The quantitative estimate of drug-likeness (QED) is 0.648. The van der Waals surface area contributed by atoms with E-state index in [0.717, 1.165) is 37.1 Å². The molecule has 29 heavy (non-hydrogen) atoms. The highest BCUT2D eigenvalue weighted by molar-refractivity contribution is 7.16. The van der Waals surface area contributed by atoms with Gasteiger partial charge in [0.15, 0.2) is 0 Å². The van der Waals surface area contributed by atoms with Gasteiger partial charge < -0.3 is 4.74 Å². The molecule has 0 aliphatic carbocycles. The lowest BCUT2D eigenvalue weighted by atomic mass is 10.1. The molecule has 0 bridgehead atoms. The van der Waals surface area contributed by atoms with Crippen molar-refractivity contribution in [2.45, 2.75) is 19.0 Å². The Hall–Kier alpha value is -1.64. The van der Waals surface area contributed by atoms with Crippen LogP contribution in [0.4, 0.5) is 5.69 Å². The zero-order valence-electron chi connectivity index (χ0n) is 15.9. The van der Waals surface area contributed by atoms with Crippen LogP contribution >= 0.6 is 34.5 Å². The number of methoxy groups -OCH3 is 1. The third-order valence-corrected chi connectivity index (χ3v) is 6.88. The maximum absolute atomic E-state index is 13.0. The first kappa shape index (κ1) is 20.6. The summed E-state index contributed by atoms with van der Waals surface area (Å²) in [5.41, 5.74) is 0.488. The summed E-state index contributed by atoms with van der Waals surface area (Å²) in [4.78, 5) is 32.6. The summed E-state index contributed by atoms with van der Waals surface area (Å²) in [5.74, 6) is 0.126.